The first kappa shape index (κ1) is 15.8. The first-order chi connectivity index (χ1) is 10.2. The third-order valence-corrected chi connectivity index (χ3v) is 3.84. The minimum atomic E-state index is -0.0161. The van der Waals surface area contributed by atoms with Gasteiger partial charge in [0, 0.05) is 38.1 Å². The van der Waals surface area contributed by atoms with Crippen molar-refractivity contribution in [1.29, 1.82) is 0 Å². The molecular weight excluding hydrogens is 266 g/mol. The summed E-state index contributed by atoms with van der Waals surface area (Å²) in [5, 5.41) is 3.35. The Hall–Kier alpha value is -1.62. The Balaban J connectivity index is 1.95. The van der Waals surface area contributed by atoms with Crippen molar-refractivity contribution in [3.8, 4) is 0 Å². The first-order valence-corrected chi connectivity index (χ1v) is 7.85. The minimum Gasteiger partial charge on any atom is -0.382 e. The molecule has 2 heterocycles. The number of ether oxygens (including phenoxy) is 1. The van der Waals surface area contributed by atoms with E-state index in [-0.39, 0.29) is 12.0 Å². The molecule has 1 aromatic heterocycles. The molecule has 0 saturated carbocycles. The van der Waals surface area contributed by atoms with Crippen LogP contribution in [0.5, 0.6) is 0 Å². The summed E-state index contributed by atoms with van der Waals surface area (Å²) in [7, 11) is 0. The van der Waals surface area contributed by atoms with E-state index in [1.165, 1.54) is 6.42 Å². The fourth-order valence-corrected chi connectivity index (χ4v) is 2.53. The topological polar surface area (TPSA) is 54.5 Å². The van der Waals surface area contributed by atoms with Crippen LogP contribution in [0.4, 0.5) is 5.69 Å². The Bertz CT molecular complexity index is 455. The third-order valence-electron chi connectivity index (χ3n) is 3.84. The number of hydrogen-bond donors (Lipinski definition) is 1. The van der Waals surface area contributed by atoms with Crippen LogP contribution in [0.1, 0.15) is 43.6 Å². The van der Waals surface area contributed by atoms with Crippen LogP contribution in [0.25, 0.3) is 0 Å². The highest BCUT2D eigenvalue weighted by molar-refractivity contribution is 5.93. The fourth-order valence-electron chi connectivity index (χ4n) is 2.53. The number of nitrogens with zero attached hydrogens (tertiary/aromatic N) is 2. The Morgan fingerprint density at radius 3 is 2.90 bits per heavy atom. The number of carbonyl (C=O) groups is 1. The van der Waals surface area contributed by atoms with Crippen molar-refractivity contribution in [2.75, 3.05) is 31.6 Å². The molecule has 1 saturated heterocycles. The van der Waals surface area contributed by atoms with E-state index in [2.05, 4.69) is 10.3 Å². The summed E-state index contributed by atoms with van der Waals surface area (Å²) < 4.78 is 5.70. The molecule has 1 aliphatic rings. The van der Waals surface area contributed by atoms with Crippen molar-refractivity contribution >= 4 is 11.6 Å². The number of nitrogens with one attached hydrogen (secondary N) is 1. The van der Waals surface area contributed by atoms with Crippen LogP contribution in [0.15, 0.2) is 18.3 Å². The second-order valence-electron chi connectivity index (χ2n) is 5.28. The molecule has 1 aromatic rings. The zero-order chi connectivity index (χ0) is 15.1. The molecule has 1 atom stereocenters. The van der Waals surface area contributed by atoms with E-state index in [9.17, 15) is 4.79 Å². The van der Waals surface area contributed by atoms with E-state index in [1.807, 2.05) is 26.0 Å². The minimum absolute atomic E-state index is 0.0161. The number of amides is 1. The molecule has 1 amide bonds. The number of anilines is 1. The highest BCUT2D eigenvalue weighted by atomic mass is 16.5. The maximum Gasteiger partial charge on any atom is 0.272 e. The predicted octanol–water partition coefficient (Wildman–Crippen LogP) is 2.54. The zero-order valence-electron chi connectivity index (χ0n) is 13.0. The van der Waals surface area contributed by atoms with Gasteiger partial charge in [-0.15, -0.1) is 0 Å². The SMILES string of the molecule is CCN(CC)C(=O)c1cc(NCC2CCCCO2)ccn1. The van der Waals surface area contributed by atoms with E-state index >= 15 is 0 Å². The van der Waals surface area contributed by atoms with Crippen molar-refractivity contribution in [1.82, 2.24) is 9.88 Å². The van der Waals surface area contributed by atoms with Gasteiger partial charge in [-0.05, 0) is 45.2 Å². The standard InChI is InChI=1S/C16H25N3O2/c1-3-19(4-2)16(20)15-11-13(8-9-17-15)18-12-14-7-5-6-10-21-14/h8-9,11,14H,3-7,10,12H2,1-2H3,(H,17,18). The number of hydrogen-bond acceptors (Lipinski definition) is 4. The van der Waals surface area contributed by atoms with Gasteiger partial charge in [0.15, 0.2) is 0 Å². The summed E-state index contributed by atoms with van der Waals surface area (Å²) in [6.07, 6.45) is 5.45. The van der Waals surface area contributed by atoms with E-state index in [4.69, 9.17) is 4.74 Å². The van der Waals surface area contributed by atoms with Crippen LogP contribution in [0.2, 0.25) is 0 Å². The predicted molar refractivity (Wildman–Crippen MR) is 83.6 cm³/mol. The molecule has 1 unspecified atom stereocenters. The van der Waals surface area contributed by atoms with Gasteiger partial charge in [-0.1, -0.05) is 0 Å². The van der Waals surface area contributed by atoms with E-state index in [1.54, 1.807) is 11.1 Å². The fraction of sp³-hybridized carbons (Fsp3) is 0.625. The normalized spacial score (nSPS) is 18.3. The lowest BCUT2D eigenvalue weighted by atomic mass is 10.1. The summed E-state index contributed by atoms with van der Waals surface area (Å²) in [6.45, 7) is 6.99. The molecule has 0 aliphatic carbocycles. The summed E-state index contributed by atoms with van der Waals surface area (Å²) in [5.41, 5.74) is 1.42. The summed E-state index contributed by atoms with van der Waals surface area (Å²) in [5.74, 6) is -0.0161. The summed E-state index contributed by atoms with van der Waals surface area (Å²) in [4.78, 5) is 18.2. The van der Waals surface area contributed by atoms with Crippen LogP contribution in [-0.4, -0.2) is 48.1 Å². The second-order valence-corrected chi connectivity index (χ2v) is 5.28. The van der Waals surface area contributed by atoms with Crippen molar-refractivity contribution in [2.45, 2.75) is 39.2 Å². The lowest BCUT2D eigenvalue weighted by molar-refractivity contribution is 0.0247. The second kappa shape index (κ2) is 7.98. The highest BCUT2D eigenvalue weighted by Crippen LogP contribution is 2.15. The van der Waals surface area contributed by atoms with Gasteiger partial charge in [0.05, 0.1) is 6.10 Å². The van der Waals surface area contributed by atoms with Gasteiger partial charge in [-0.2, -0.15) is 0 Å². The maximum absolute atomic E-state index is 12.3. The molecule has 116 valence electrons. The number of carbonyl (C=O) groups excluding carboxylic acids is 1. The van der Waals surface area contributed by atoms with Crippen molar-refractivity contribution < 1.29 is 9.53 Å². The molecule has 5 heteroatoms. The smallest absolute Gasteiger partial charge is 0.272 e. The van der Waals surface area contributed by atoms with Crippen molar-refractivity contribution in [3.63, 3.8) is 0 Å². The molecular formula is C16H25N3O2. The van der Waals surface area contributed by atoms with Gasteiger partial charge in [0.1, 0.15) is 5.69 Å². The molecule has 0 bridgehead atoms. The lowest BCUT2D eigenvalue weighted by Crippen LogP contribution is -2.31. The first-order valence-electron chi connectivity index (χ1n) is 7.85. The third kappa shape index (κ3) is 4.43. The van der Waals surface area contributed by atoms with Gasteiger partial charge in [-0.25, -0.2) is 0 Å². The monoisotopic (exact) mass is 291 g/mol. The van der Waals surface area contributed by atoms with E-state index in [0.29, 0.717) is 18.8 Å². The number of rotatable bonds is 6. The Morgan fingerprint density at radius 2 is 2.24 bits per heavy atom. The Labute approximate surface area is 126 Å². The molecule has 0 aromatic carbocycles. The number of pyridine rings is 1. The van der Waals surface area contributed by atoms with Gasteiger partial charge in [0.25, 0.3) is 5.91 Å². The van der Waals surface area contributed by atoms with E-state index < -0.39 is 0 Å². The summed E-state index contributed by atoms with van der Waals surface area (Å²) in [6, 6.07) is 3.71. The van der Waals surface area contributed by atoms with Crippen molar-refractivity contribution in [2.24, 2.45) is 0 Å². The highest BCUT2D eigenvalue weighted by Gasteiger charge is 2.16. The van der Waals surface area contributed by atoms with Crippen LogP contribution in [-0.2, 0) is 4.74 Å². The van der Waals surface area contributed by atoms with Crippen LogP contribution in [0, 0.1) is 0 Å². The Kier molecular flexibility index (Phi) is 5.99. The van der Waals surface area contributed by atoms with Gasteiger partial charge >= 0.3 is 0 Å². The molecule has 1 fully saturated rings. The molecule has 1 N–H and O–H groups in total. The van der Waals surface area contributed by atoms with Gasteiger partial charge in [0.2, 0.25) is 0 Å². The largest absolute Gasteiger partial charge is 0.382 e. The average molecular weight is 291 g/mol. The molecule has 5 nitrogen and oxygen atoms in total. The zero-order valence-corrected chi connectivity index (χ0v) is 13.0. The van der Waals surface area contributed by atoms with Crippen LogP contribution < -0.4 is 5.32 Å². The molecule has 1 aliphatic heterocycles. The molecule has 0 spiro atoms. The maximum atomic E-state index is 12.3. The average Bonchev–Trinajstić information content (AvgIpc) is 2.55. The van der Waals surface area contributed by atoms with Crippen LogP contribution in [0.3, 0.4) is 0 Å². The number of aromatic nitrogens is 1. The molecule has 21 heavy (non-hydrogen) atoms. The lowest BCUT2D eigenvalue weighted by Gasteiger charge is -2.23. The van der Waals surface area contributed by atoms with E-state index in [0.717, 1.165) is 31.7 Å². The van der Waals surface area contributed by atoms with Crippen molar-refractivity contribution in [3.05, 3.63) is 24.0 Å². The molecule has 2 rings (SSSR count). The molecule has 0 radical (unpaired) electrons. The Morgan fingerprint density at radius 1 is 1.43 bits per heavy atom. The quantitative estimate of drug-likeness (QED) is 0.875. The van der Waals surface area contributed by atoms with Gasteiger partial charge < -0.3 is 15.0 Å². The van der Waals surface area contributed by atoms with Gasteiger partial charge in [-0.3, -0.25) is 9.78 Å². The summed E-state index contributed by atoms with van der Waals surface area (Å²) >= 11 is 0. The van der Waals surface area contributed by atoms with Crippen LogP contribution >= 0.6 is 0 Å².